The summed E-state index contributed by atoms with van der Waals surface area (Å²) in [5.41, 5.74) is 1.61. The minimum Gasteiger partial charge on any atom is -0.442 e. The van der Waals surface area contributed by atoms with E-state index >= 15 is 0 Å². The van der Waals surface area contributed by atoms with Crippen LogP contribution in [0.15, 0.2) is 36.0 Å². The lowest BCUT2D eigenvalue weighted by Crippen LogP contribution is -2.46. The van der Waals surface area contributed by atoms with Gasteiger partial charge in [0.2, 0.25) is 5.91 Å². The normalized spacial score (nSPS) is 29.2. The number of ether oxygens (including phenoxy) is 4. The second-order valence-electron chi connectivity index (χ2n) is 10.4. The third-order valence-electron chi connectivity index (χ3n) is 6.40. The first-order valence-corrected chi connectivity index (χ1v) is 12.2. The van der Waals surface area contributed by atoms with Crippen LogP contribution < -0.4 is 10.6 Å². The molecule has 2 amide bonds. The van der Waals surface area contributed by atoms with Crippen LogP contribution in [0.5, 0.6) is 0 Å². The summed E-state index contributed by atoms with van der Waals surface area (Å²) in [4.78, 5) is 23.2. The minimum atomic E-state index is -0.546. The lowest BCUT2D eigenvalue weighted by atomic mass is 9.82. The molecule has 3 aliphatic rings. The van der Waals surface area contributed by atoms with E-state index in [2.05, 4.69) is 49.6 Å². The van der Waals surface area contributed by atoms with Crippen molar-refractivity contribution in [2.75, 3.05) is 20.3 Å². The summed E-state index contributed by atoms with van der Waals surface area (Å²) in [5.74, 6) is -0.287. The number of hydrogen-bond donors (Lipinski definition) is 2. The molecule has 0 radical (unpaired) electrons. The Bertz CT molecular complexity index is 800. The maximum absolute atomic E-state index is 12.1. The highest BCUT2D eigenvalue weighted by Gasteiger charge is 2.51. The van der Waals surface area contributed by atoms with Crippen molar-refractivity contribution in [1.82, 2.24) is 10.6 Å². The van der Waals surface area contributed by atoms with Crippen LogP contribution in [0.4, 0.5) is 4.79 Å². The van der Waals surface area contributed by atoms with Crippen LogP contribution in [-0.2, 0) is 23.7 Å². The average molecular weight is 477 g/mol. The maximum atomic E-state index is 12.1. The van der Waals surface area contributed by atoms with Gasteiger partial charge in [-0.15, -0.1) is 0 Å². The predicted molar refractivity (Wildman–Crippen MR) is 129 cm³/mol. The molecular formula is C26H40N2O6. The van der Waals surface area contributed by atoms with Gasteiger partial charge in [-0.25, -0.2) is 4.79 Å². The van der Waals surface area contributed by atoms with Crippen LogP contribution in [0.3, 0.4) is 0 Å². The summed E-state index contributed by atoms with van der Waals surface area (Å²) in [5, 5.41) is 5.19. The van der Waals surface area contributed by atoms with Gasteiger partial charge in [0.1, 0.15) is 6.10 Å². The predicted octanol–water partition coefficient (Wildman–Crippen LogP) is 3.78. The van der Waals surface area contributed by atoms with E-state index in [1.807, 2.05) is 0 Å². The Balaban J connectivity index is 1.35. The molecule has 0 aromatic heterocycles. The van der Waals surface area contributed by atoms with Gasteiger partial charge in [0.05, 0.1) is 31.0 Å². The molecule has 2 saturated heterocycles. The second kappa shape index (κ2) is 11.5. The molecular weight excluding hydrogens is 436 g/mol. The van der Waals surface area contributed by atoms with Crippen molar-refractivity contribution >= 4 is 12.0 Å². The number of hydrogen-bond acceptors (Lipinski definition) is 6. The summed E-state index contributed by atoms with van der Waals surface area (Å²) >= 11 is 0. The van der Waals surface area contributed by atoms with Crippen molar-refractivity contribution < 1.29 is 28.5 Å². The highest BCUT2D eigenvalue weighted by Crippen LogP contribution is 2.58. The second-order valence-corrected chi connectivity index (χ2v) is 10.4. The van der Waals surface area contributed by atoms with Gasteiger partial charge in [-0.2, -0.15) is 0 Å². The van der Waals surface area contributed by atoms with Crippen molar-refractivity contribution in [3.63, 3.8) is 0 Å². The van der Waals surface area contributed by atoms with Crippen molar-refractivity contribution in [1.29, 1.82) is 0 Å². The summed E-state index contributed by atoms with van der Waals surface area (Å²) in [6.45, 7) is 8.90. The SMILES string of the molecule is CNC(=O)O[C@@H](C)/C=C\C(=O)NC1COC(C/C=C(C)/C=C/[C@@H]2CC3(CC3)CC(C)(C)O2)OC1. The zero-order valence-corrected chi connectivity index (χ0v) is 21.1. The van der Waals surface area contributed by atoms with Gasteiger partial charge in [-0.1, -0.05) is 23.8 Å². The largest absolute Gasteiger partial charge is 0.442 e. The van der Waals surface area contributed by atoms with E-state index in [4.69, 9.17) is 18.9 Å². The first-order chi connectivity index (χ1) is 16.1. The van der Waals surface area contributed by atoms with E-state index in [1.165, 1.54) is 38.5 Å². The fourth-order valence-electron chi connectivity index (χ4n) is 4.67. The number of alkyl carbamates (subject to hydrolysis) is 1. The highest BCUT2D eigenvalue weighted by molar-refractivity contribution is 5.87. The Kier molecular flexibility index (Phi) is 8.95. The highest BCUT2D eigenvalue weighted by atomic mass is 16.7. The molecule has 8 nitrogen and oxygen atoms in total. The van der Waals surface area contributed by atoms with E-state index in [-0.39, 0.29) is 29.9 Å². The number of nitrogens with one attached hydrogen (secondary N) is 2. The molecule has 0 unspecified atom stereocenters. The van der Waals surface area contributed by atoms with Crippen LogP contribution in [0.1, 0.15) is 59.8 Å². The topological polar surface area (TPSA) is 95.1 Å². The number of rotatable bonds is 8. The molecule has 2 heterocycles. The molecule has 1 aliphatic carbocycles. The van der Waals surface area contributed by atoms with E-state index < -0.39 is 12.2 Å². The molecule has 2 N–H and O–H groups in total. The van der Waals surface area contributed by atoms with Crippen molar-refractivity contribution in [2.45, 2.75) is 89.9 Å². The average Bonchev–Trinajstić information content (AvgIpc) is 3.51. The zero-order chi connectivity index (χ0) is 24.8. The summed E-state index contributed by atoms with van der Waals surface area (Å²) in [6, 6.07) is -0.227. The lowest BCUT2D eigenvalue weighted by molar-refractivity contribution is -0.187. The molecule has 34 heavy (non-hydrogen) atoms. The molecule has 3 rings (SSSR count). The maximum Gasteiger partial charge on any atom is 0.407 e. The third-order valence-corrected chi connectivity index (χ3v) is 6.40. The Hall–Kier alpha value is -2.16. The number of carbonyl (C=O) groups is 2. The Labute approximate surface area is 203 Å². The van der Waals surface area contributed by atoms with Gasteiger partial charge in [0.25, 0.3) is 0 Å². The van der Waals surface area contributed by atoms with Crippen molar-refractivity contribution in [3.05, 3.63) is 36.0 Å². The molecule has 1 saturated carbocycles. The quantitative estimate of drug-likeness (QED) is 0.409. The van der Waals surface area contributed by atoms with Crippen LogP contribution in [-0.4, -0.2) is 62.4 Å². The standard InChI is InChI=1S/C26H40N2O6/c1-18(6-9-21-14-26(12-13-26)17-25(3,4)34-21)7-11-23-31-15-20(16-32-23)28-22(29)10-8-19(2)33-24(30)27-5/h6-10,19-21,23H,11-17H2,1-5H3,(H,27,30)(H,28,29)/b9-6+,10-8-,18-7+/t19-,20?,21+,23?/m0/s1. The van der Waals surface area contributed by atoms with Gasteiger partial charge >= 0.3 is 6.09 Å². The molecule has 1 spiro atoms. The molecule has 190 valence electrons. The van der Waals surface area contributed by atoms with Crippen LogP contribution in [0, 0.1) is 5.41 Å². The summed E-state index contributed by atoms with van der Waals surface area (Å²) in [7, 11) is 1.48. The molecule has 0 bridgehead atoms. The Morgan fingerprint density at radius 3 is 2.53 bits per heavy atom. The van der Waals surface area contributed by atoms with Gasteiger partial charge in [0.15, 0.2) is 6.29 Å². The molecule has 0 aromatic carbocycles. The molecule has 3 fully saturated rings. The molecule has 2 aliphatic heterocycles. The van der Waals surface area contributed by atoms with Gasteiger partial charge < -0.3 is 29.6 Å². The fourth-order valence-corrected chi connectivity index (χ4v) is 4.67. The fraction of sp³-hybridized carbons (Fsp3) is 0.692. The van der Waals surface area contributed by atoms with Crippen LogP contribution in [0.2, 0.25) is 0 Å². The number of allylic oxidation sites excluding steroid dienone is 2. The monoisotopic (exact) mass is 476 g/mol. The Morgan fingerprint density at radius 2 is 1.88 bits per heavy atom. The van der Waals surface area contributed by atoms with Crippen molar-refractivity contribution in [2.24, 2.45) is 5.41 Å². The van der Waals surface area contributed by atoms with Gasteiger partial charge in [-0.05, 0) is 64.9 Å². The first kappa shape index (κ1) is 26.4. The number of amides is 2. The number of carbonyl (C=O) groups excluding carboxylic acids is 2. The summed E-state index contributed by atoms with van der Waals surface area (Å²) < 4.78 is 22.8. The summed E-state index contributed by atoms with van der Waals surface area (Å²) in [6.07, 6.45) is 13.7. The van der Waals surface area contributed by atoms with Crippen LogP contribution >= 0.6 is 0 Å². The Morgan fingerprint density at radius 1 is 1.18 bits per heavy atom. The minimum absolute atomic E-state index is 0.0511. The zero-order valence-electron chi connectivity index (χ0n) is 21.1. The van der Waals surface area contributed by atoms with E-state index in [0.29, 0.717) is 25.0 Å². The van der Waals surface area contributed by atoms with E-state index in [9.17, 15) is 9.59 Å². The van der Waals surface area contributed by atoms with Crippen LogP contribution in [0.25, 0.3) is 0 Å². The molecule has 2 atom stereocenters. The van der Waals surface area contributed by atoms with Crippen molar-refractivity contribution in [3.8, 4) is 0 Å². The van der Waals surface area contributed by atoms with Gasteiger partial charge in [-0.3, -0.25) is 4.79 Å². The lowest BCUT2D eigenvalue weighted by Gasteiger charge is -2.40. The van der Waals surface area contributed by atoms with Gasteiger partial charge in [0, 0.05) is 19.5 Å². The smallest absolute Gasteiger partial charge is 0.407 e. The third kappa shape index (κ3) is 8.56. The first-order valence-electron chi connectivity index (χ1n) is 12.2. The molecule has 8 heteroatoms. The van der Waals surface area contributed by atoms with E-state index in [0.717, 1.165) is 12.0 Å². The van der Waals surface area contributed by atoms with E-state index in [1.54, 1.807) is 6.92 Å². The molecule has 0 aromatic rings.